The molecule has 9 N–H and O–H groups in total. The number of anilines is 1. The summed E-state index contributed by atoms with van der Waals surface area (Å²) in [5.41, 5.74) is 5.20. The van der Waals surface area contributed by atoms with Crippen molar-refractivity contribution < 1.29 is 52.5 Å². The summed E-state index contributed by atoms with van der Waals surface area (Å²) in [5.74, 6) is -5.22. The van der Waals surface area contributed by atoms with Crippen molar-refractivity contribution in [2.75, 3.05) is 12.3 Å². The van der Waals surface area contributed by atoms with Crippen molar-refractivity contribution >= 4 is 62.1 Å². The Morgan fingerprint density at radius 3 is 2.50 bits per heavy atom. The molecule has 19 nitrogen and oxygen atoms in total. The third-order valence-electron chi connectivity index (χ3n) is 5.29. The van der Waals surface area contributed by atoms with Crippen molar-refractivity contribution in [1.82, 2.24) is 30.2 Å². The van der Waals surface area contributed by atoms with Crippen LogP contribution in [0, 0.1) is 0 Å². The number of carbonyl (C=O) groups excluding carboxylic acids is 4. The van der Waals surface area contributed by atoms with Gasteiger partial charge >= 0.3 is 22.2 Å². The van der Waals surface area contributed by atoms with Gasteiger partial charge < -0.3 is 31.2 Å². The Balaban J connectivity index is 1.55. The van der Waals surface area contributed by atoms with E-state index >= 15 is 0 Å². The van der Waals surface area contributed by atoms with Crippen LogP contribution in [-0.4, -0.2) is 87.2 Å². The molecule has 0 spiro atoms. The van der Waals surface area contributed by atoms with Gasteiger partial charge in [0.25, 0.3) is 11.8 Å². The van der Waals surface area contributed by atoms with Crippen molar-refractivity contribution in [2.24, 2.45) is 5.16 Å². The predicted molar refractivity (Wildman–Crippen MR) is 142 cm³/mol. The Labute approximate surface area is 240 Å². The first kappa shape index (κ1) is 31.5. The van der Waals surface area contributed by atoms with Crippen molar-refractivity contribution in [2.45, 2.75) is 31.9 Å². The summed E-state index contributed by atoms with van der Waals surface area (Å²) in [5, 5.41) is 35.2. The molecule has 0 bridgehead atoms. The van der Waals surface area contributed by atoms with E-state index in [1.54, 1.807) is 4.83 Å². The number of β-lactam (4-membered cyclic amide) rings is 1. The number of aromatic hydroxyl groups is 2. The second-order valence-corrected chi connectivity index (χ2v) is 11.3. The average Bonchev–Trinajstić information content (AvgIpc) is 3.32. The number of phenols is 2. The minimum Gasteiger partial charge on any atom is -0.504 e. The van der Waals surface area contributed by atoms with Crippen LogP contribution in [0.5, 0.6) is 11.5 Å². The van der Waals surface area contributed by atoms with Gasteiger partial charge in [-0.2, -0.15) is 8.42 Å². The molecule has 1 atom stereocenters. The Morgan fingerprint density at radius 1 is 1.24 bits per heavy atom. The van der Waals surface area contributed by atoms with Crippen LogP contribution in [-0.2, 0) is 40.6 Å². The molecule has 226 valence electrons. The molecule has 1 aliphatic rings. The van der Waals surface area contributed by atoms with Gasteiger partial charge in [-0.3, -0.25) is 24.7 Å². The number of nitrogen functional groups attached to an aromatic ring is 1. The first-order valence-corrected chi connectivity index (χ1v) is 13.8. The normalized spacial score (nSPS) is 15.4. The number of aromatic nitrogens is 1. The number of urea groups is 1. The zero-order valence-electron chi connectivity index (χ0n) is 21.6. The smallest absolute Gasteiger partial charge is 0.350 e. The van der Waals surface area contributed by atoms with Gasteiger partial charge in [-0.15, -0.1) is 16.2 Å². The van der Waals surface area contributed by atoms with E-state index in [0.29, 0.717) is 4.90 Å². The number of nitrogens with one attached hydrogen (secondary N) is 4. The quantitative estimate of drug-likeness (QED) is 0.0571. The summed E-state index contributed by atoms with van der Waals surface area (Å²) < 4.78 is 25.8. The monoisotopic (exact) mass is 628 g/mol. The molecule has 1 saturated heterocycles. The lowest BCUT2D eigenvalue weighted by molar-refractivity contribution is -0.161. The molecule has 0 saturated carbocycles. The van der Waals surface area contributed by atoms with E-state index in [1.807, 2.05) is 5.43 Å². The summed E-state index contributed by atoms with van der Waals surface area (Å²) in [6.45, 7) is 1.88. The number of hydrogen-bond acceptors (Lipinski definition) is 14. The number of benzene rings is 1. The van der Waals surface area contributed by atoms with E-state index < -0.39 is 81.8 Å². The first-order chi connectivity index (χ1) is 19.5. The molecule has 0 radical (unpaired) electrons. The van der Waals surface area contributed by atoms with E-state index in [1.165, 1.54) is 30.0 Å². The molecule has 2 aromatic rings. The number of aliphatic carboxylic acids is 1. The fraction of sp³-hybridized carbons (Fsp3) is 0.286. The van der Waals surface area contributed by atoms with E-state index in [0.717, 1.165) is 23.5 Å². The number of nitrogens with two attached hydrogens (primary N) is 1. The van der Waals surface area contributed by atoms with Gasteiger partial charge in [0.2, 0.25) is 11.5 Å². The molecule has 1 aromatic heterocycles. The molecule has 21 heteroatoms. The molecule has 1 aliphatic heterocycles. The lowest BCUT2D eigenvalue weighted by atomic mass is 10.1. The van der Waals surface area contributed by atoms with Gasteiger partial charge in [-0.25, -0.2) is 19.3 Å². The second-order valence-electron chi connectivity index (χ2n) is 8.95. The lowest BCUT2D eigenvalue weighted by Gasteiger charge is -2.36. The van der Waals surface area contributed by atoms with Gasteiger partial charge in [0.1, 0.15) is 11.7 Å². The number of carboxylic acids is 1. The van der Waals surface area contributed by atoms with Gasteiger partial charge in [-0.05, 0) is 31.5 Å². The van der Waals surface area contributed by atoms with Crippen LogP contribution in [0.3, 0.4) is 0 Å². The molecule has 0 unspecified atom stereocenters. The first-order valence-electron chi connectivity index (χ1n) is 11.5. The topological polar surface area (TPSA) is 292 Å². The number of hydrogen-bond donors (Lipinski definition) is 8. The van der Waals surface area contributed by atoms with E-state index in [4.69, 9.17) is 10.6 Å². The number of carbonyl (C=O) groups is 5. The third-order valence-corrected chi connectivity index (χ3v) is 6.78. The molecular formula is C21H24N8O11S2. The maximum atomic E-state index is 12.8. The minimum atomic E-state index is -4.70. The van der Waals surface area contributed by atoms with Crippen molar-refractivity contribution in [1.29, 1.82) is 0 Å². The number of carboxylic acid groups (broad SMARTS) is 1. The summed E-state index contributed by atoms with van der Waals surface area (Å²) >= 11 is 0.943. The molecule has 2 heterocycles. The molecule has 42 heavy (non-hydrogen) atoms. The minimum absolute atomic E-state index is 0.0521. The zero-order valence-corrected chi connectivity index (χ0v) is 23.3. The maximum absolute atomic E-state index is 12.8. The van der Waals surface area contributed by atoms with E-state index in [2.05, 4.69) is 15.5 Å². The molecule has 5 amide bonds. The highest BCUT2D eigenvalue weighted by Gasteiger charge is 2.43. The second kappa shape index (κ2) is 12.2. The van der Waals surface area contributed by atoms with E-state index in [9.17, 15) is 47.7 Å². The van der Waals surface area contributed by atoms with Crippen LogP contribution in [0.25, 0.3) is 0 Å². The van der Waals surface area contributed by atoms with Crippen LogP contribution in [0.4, 0.5) is 9.93 Å². The standard InChI is InChI=1S/C21H24N8O11S2/c1-21(2,18(35)36)40-26-15(11-8-41-19(22)24-11)16(33)23-10-7-29(17(10)34)20(37)27-42(38,39)28-25-14(32)6-9-3-4-12(30)13(31)5-9/h3-5,8,10,28,30-31H,6-7H2,1-2H3,(H2,22,24)(H,23,33)(H,25,32)(H,27,37)(H,35,36)/t10-/m0/s1. The number of likely N-dealkylation sites (tertiary alicyclic amines) is 1. The number of hydrazine groups is 1. The third kappa shape index (κ3) is 7.80. The molecular weight excluding hydrogens is 604 g/mol. The lowest BCUT2D eigenvalue weighted by Crippen LogP contribution is -2.68. The number of thiazole rings is 1. The highest BCUT2D eigenvalue weighted by Crippen LogP contribution is 2.25. The number of nitrogens with zero attached hydrogens (tertiary/aromatic N) is 3. The van der Waals surface area contributed by atoms with Gasteiger partial charge in [0.05, 0.1) is 13.0 Å². The number of oxime groups is 1. The Bertz CT molecular complexity index is 1570. The summed E-state index contributed by atoms with van der Waals surface area (Å²) in [7, 11) is -4.70. The van der Waals surface area contributed by atoms with Gasteiger partial charge in [-0.1, -0.05) is 11.2 Å². The van der Waals surface area contributed by atoms with Crippen LogP contribution < -0.4 is 26.0 Å². The van der Waals surface area contributed by atoms with Crippen LogP contribution >= 0.6 is 11.3 Å². The number of rotatable bonds is 11. The predicted octanol–water partition coefficient (Wildman–Crippen LogP) is -2.13. The molecule has 1 fully saturated rings. The molecule has 0 aliphatic carbocycles. The van der Waals surface area contributed by atoms with Crippen LogP contribution in [0.15, 0.2) is 28.7 Å². The van der Waals surface area contributed by atoms with Crippen molar-refractivity contribution in [3.63, 3.8) is 0 Å². The Morgan fingerprint density at radius 2 is 1.93 bits per heavy atom. The van der Waals surface area contributed by atoms with Crippen molar-refractivity contribution in [3.05, 3.63) is 34.8 Å². The Kier molecular flexibility index (Phi) is 9.18. The molecule has 3 rings (SSSR count). The van der Waals surface area contributed by atoms with Crippen LogP contribution in [0.2, 0.25) is 0 Å². The van der Waals surface area contributed by atoms with E-state index in [-0.39, 0.29) is 16.4 Å². The summed E-state index contributed by atoms with van der Waals surface area (Å²) in [6.07, 6.45) is -0.409. The van der Waals surface area contributed by atoms with Crippen molar-refractivity contribution in [3.8, 4) is 11.5 Å². The SMILES string of the molecule is CC(C)(ON=C(C(=O)N[C@H]1CN(C(=O)NS(=O)(=O)NNC(=O)Cc2ccc(O)c(O)c2)C1=O)c1csc(N)n1)C(=O)O. The fourth-order valence-electron chi connectivity index (χ4n) is 2.97. The highest BCUT2D eigenvalue weighted by atomic mass is 32.2. The maximum Gasteiger partial charge on any atom is 0.350 e. The number of phenolic OH excluding ortho intramolecular Hbond substituents is 2. The number of imide groups is 1. The van der Waals surface area contributed by atoms with Gasteiger partial charge in [0, 0.05) is 5.38 Å². The average molecular weight is 629 g/mol. The zero-order chi connectivity index (χ0) is 31.4. The van der Waals surface area contributed by atoms with Crippen LogP contribution in [0.1, 0.15) is 25.1 Å². The van der Waals surface area contributed by atoms with Gasteiger partial charge in [0.15, 0.2) is 22.3 Å². The largest absolute Gasteiger partial charge is 0.504 e. The molecule has 1 aromatic carbocycles. The summed E-state index contributed by atoms with van der Waals surface area (Å²) in [4.78, 5) is 71.7. The highest BCUT2D eigenvalue weighted by molar-refractivity contribution is 7.88. The fourth-order valence-corrected chi connectivity index (χ4v) is 4.16. The Hall–Kier alpha value is -5.02. The number of amides is 5. The summed E-state index contributed by atoms with van der Waals surface area (Å²) in [6, 6.07) is 0.817.